The molecule has 0 saturated heterocycles. The standard InChI is InChI=1S/C14H11N3O4S.C14H13N3O2S2/c1-21-8-4-2-3-7(5-8)17-13(18)10-9(6-22-12(10)15)11(16-17)14(19)20;1-2-21(19)13-10-8-20-12(15)11(10)14(18)17(16-13)9-6-4-3-5-7-9/h2-6H,15H2,1H3,(H,19,20);3-8H,2,15H2,1H3. The lowest BCUT2D eigenvalue weighted by molar-refractivity contribution is 0.0691. The molecule has 1 unspecified atom stereocenters. The highest BCUT2D eigenvalue weighted by molar-refractivity contribution is 7.85. The fourth-order valence-electron chi connectivity index (χ4n) is 4.24. The zero-order valence-electron chi connectivity index (χ0n) is 22.7. The van der Waals surface area contributed by atoms with E-state index in [-0.39, 0.29) is 27.0 Å². The Kier molecular flexibility index (Phi) is 8.38. The zero-order chi connectivity index (χ0) is 30.8. The predicted octanol–water partition coefficient (Wildman–Crippen LogP) is 3.89. The van der Waals surface area contributed by atoms with Crippen LogP contribution < -0.4 is 27.3 Å². The summed E-state index contributed by atoms with van der Waals surface area (Å²) in [6, 6.07) is 15.7. The van der Waals surface area contributed by atoms with Gasteiger partial charge in [-0.3, -0.25) is 13.8 Å². The van der Waals surface area contributed by atoms with Crippen molar-refractivity contribution in [2.24, 2.45) is 0 Å². The van der Waals surface area contributed by atoms with Gasteiger partial charge in [0.1, 0.15) is 5.75 Å². The number of nitrogens with zero attached hydrogens (tertiary/aromatic N) is 4. The maximum Gasteiger partial charge on any atom is 0.357 e. The Balaban J connectivity index is 0.000000171. The van der Waals surface area contributed by atoms with E-state index in [1.165, 1.54) is 28.5 Å². The number of carboxylic acid groups (broad SMARTS) is 1. The van der Waals surface area contributed by atoms with Crippen LogP contribution in [0.5, 0.6) is 5.75 Å². The second-order valence-corrected chi connectivity index (χ2v) is 12.3. The third-order valence-corrected chi connectivity index (χ3v) is 9.19. The van der Waals surface area contributed by atoms with Crippen LogP contribution in [0.4, 0.5) is 10.0 Å². The van der Waals surface area contributed by atoms with Gasteiger partial charge in [0, 0.05) is 33.4 Å². The van der Waals surface area contributed by atoms with Gasteiger partial charge < -0.3 is 21.3 Å². The molecule has 0 aliphatic heterocycles. The highest BCUT2D eigenvalue weighted by Crippen LogP contribution is 2.29. The molecule has 0 aliphatic carbocycles. The van der Waals surface area contributed by atoms with Crippen molar-refractivity contribution >= 4 is 71.0 Å². The summed E-state index contributed by atoms with van der Waals surface area (Å²) in [6.45, 7) is 1.82. The second kappa shape index (κ2) is 12.2. The summed E-state index contributed by atoms with van der Waals surface area (Å²) in [6.07, 6.45) is 0. The number of rotatable bonds is 6. The summed E-state index contributed by atoms with van der Waals surface area (Å²) in [7, 11) is 0.234. The largest absolute Gasteiger partial charge is 0.497 e. The van der Waals surface area contributed by atoms with Gasteiger partial charge >= 0.3 is 5.97 Å². The molecule has 220 valence electrons. The van der Waals surface area contributed by atoms with Crippen molar-refractivity contribution in [1.82, 2.24) is 19.6 Å². The van der Waals surface area contributed by atoms with Gasteiger partial charge in [0.2, 0.25) is 0 Å². The smallest absolute Gasteiger partial charge is 0.357 e. The van der Waals surface area contributed by atoms with Crippen molar-refractivity contribution in [2.75, 3.05) is 24.3 Å². The molecule has 12 nitrogen and oxygen atoms in total. The molecule has 6 rings (SSSR count). The van der Waals surface area contributed by atoms with Gasteiger partial charge in [-0.15, -0.1) is 22.7 Å². The first kappa shape index (κ1) is 29.6. The molecule has 43 heavy (non-hydrogen) atoms. The van der Waals surface area contributed by atoms with E-state index in [2.05, 4.69) is 10.2 Å². The van der Waals surface area contributed by atoms with Crippen LogP contribution in [0.2, 0.25) is 0 Å². The minimum absolute atomic E-state index is 0.167. The molecule has 4 aromatic heterocycles. The average Bonchev–Trinajstić information content (AvgIpc) is 3.61. The molecule has 2 aromatic carbocycles. The molecular formula is C28H24N6O6S3. The topological polar surface area (TPSA) is 185 Å². The number of anilines is 2. The predicted molar refractivity (Wildman–Crippen MR) is 170 cm³/mol. The summed E-state index contributed by atoms with van der Waals surface area (Å²) in [4.78, 5) is 36.6. The molecule has 4 heterocycles. The number of hydrogen-bond donors (Lipinski definition) is 3. The maximum absolute atomic E-state index is 12.6. The quantitative estimate of drug-likeness (QED) is 0.242. The second-order valence-electron chi connectivity index (χ2n) is 8.84. The highest BCUT2D eigenvalue weighted by atomic mass is 32.2. The van der Waals surface area contributed by atoms with Gasteiger partial charge in [0.15, 0.2) is 10.7 Å². The molecule has 0 amide bonds. The molecule has 0 bridgehead atoms. The fourth-order valence-corrected chi connectivity index (χ4v) is 6.75. The summed E-state index contributed by atoms with van der Waals surface area (Å²) in [5.41, 5.74) is 11.8. The van der Waals surface area contributed by atoms with Crippen molar-refractivity contribution in [1.29, 1.82) is 0 Å². The maximum atomic E-state index is 12.6. The van der Waals surface area contributed by atoms with Crippen molar-refractivity contribution in [3.8, 4) is 17.1 Å². The molecule has 0 saturated carbocycles. The Morgan fingerprint density at radius 1 is 0.907 bits per heavy atom. The number of thiophene rings is 2. The van der Waals surface area contributed by atoms with Crippen molar-refractivity contribution in [3.63, 3.8) is 0 Å². The third kappa shape index (κ3) is 5.52. The lowest BCUT2D eigenvalue weighted by Crippen LogP contribution is -2.24. The molecule has 15 heteroatoms. The van der Waals surface area contributed by atoms with Crippen LogP contribution in [-0.2, 0) is 10.8 Å². The Morgan fingerprint density at radius 3 is 2.09 bits per heavy atom. The van der Waals surface area contributed by atoms with Crippen LogP contribution in [0, 0.1) is 0 Å². The summed E-state index contributed by atoms with van der Waals surface area (Å²) >= 11 is 2.38. The lowest BCUT2D eigenvalue weighted by atomic mass is 10.2. The van der Waals surface area contributed by atoms with E-state index < -0.39 is 22.3 Å². The molecule has 1 atom stereocenters. The third-order valence-electron chi connectivity index (χ3n) is 6.31. The number of fused-ring (bicyclic) bond motifs is 2. The van der Waals surface area contributed by atoms with Gasteiger partial charge in [-0.1, -0.05) is 31.2 Å². The highest BCUT2D eigenvalue weighted by Gasteiger charge is 2.21. The number of aromatic carboxylic acids is 1. The number of ether oxygens (including phenoxy) is 1. The number of hydrogen-bond acceptors (Lipinski definition) is 11. The van der Waals surface area contributed by atoms with E-state index in [0.29, 0.717) is 43.7 Å². The van der Waals surface area contributed by atoms with Gasteiger partial charge in [0.05, 0.1) is 50.1 Å². The van der Waals surface area contributed by atoms with Gasteiger partial charge in [-0.05, 0) is 24.3 Å². The Morgan fingerprint density at radius 2 is 1.49 bits per heavy atom. The summed E-state index contributed by atoms with van der Waals surface area (Å²) < 4.78 is 19.6. The van der Waals surface area contributed by atoms with Crippen LogP contribution in [0.25, 0.3) is 32.9 Å². The summed E-state index contributed by atoms with van der Waals surface area (Å²) in [5.74, 6) is -0.258. The number of nitrogen functional groups attached to an aromatic ring is 2. The monoisotopic (exact) mass is 636 g/mol. The van der Waals surface area contributed by atoms with Gasteiger partial charge in [-0.2, -0.15) is 19.6 Å². The first-order valence-corrected chi connectivity index (χ1v) is 15.7. The molecular weight excluding hydrogens is 613 g/mol. The molecule has 6 aromatic rings. The first-order chi connectivity index (χ1) is 20.7. The number of para-hydroxylation sites is 1. The van der Waals surface area contributed by atoms with E-state index in [0.717, 1.165) is 16.0 Å². The van der Waals surface area contributed by atoms with E-state index in [1.807, 2.05) is 25.1 Å². The van der Waals surface area contributed by atoms with Gasteiger partial charge in [0.25, 0.3) is 11.1 Å². The normalized spacial score (nSPS) is 11.7. The van der Waals surface area contributed by atoms with Crippen LogP contribution in [-0.4, -0.2) is 47.7 Å². The molecule has 0 spiro atoms. The van der Waals surface area contributed by atoms with Crippen LogP contribution in [0.3, 0.4) is 0 Å². The Bertz CT molecular complexity index is 2130. The number of aromatic nitrogens is 4. The number of methoxy groups -OCH3 is 1. The SMILES string of the molecule is CCS(=O)c1nn(-c2ccccc2)c(=O)c2c(N)scc12.COc1cccc(-n2nc(C(=O)O)c3csc(N)c3c2=O)c1. The zero-order valence-corrected chi connectivity index (χ0v) is 25.2. The van der Waals surface area contributed by atoms with Crippen LogP contribution in [0.1, 0.15) is 17.4 Å². The number of carboxylic acids is 1. The Hall–Kier alpha value is -4.86. The van der Waals surface area contributed by atoms with Crippen molar-refractivity contribution in [2.45, 2.75) is 11.9 Å². The van der Waals surface area contributed by atoms with E-state index in [4.69, 9.17) is 16.2 Å². The minimum atomic E-state index is -1.26. The molecule has 0 aliphatic rings. The van der Waals surface area contributed by atoms with Crippen molar-refractivity contribution in [3.05, 3.63) is 91.8 Å². The van der Waals surface area contributed by atoms with E-state index in [1.54, 1.807) is 41.8 Å². The number of carbonyl (C=O) groups is 1. The van der Waals surface area contributed by atoms with E-state index >= 15 is 0 Å². The Labute approximate surface area is 253 Å². The van der Waals surface area contributed by atoms with Crippen LogP contribution in [0.15, 0.2) is 80.0 Å². The molecule has 5 N–H and O–H groups in total. The number of nitrogens with two attached hydrogens (primary N) is 2. The molecule has 0 fully saturated rings. The average molecular weight is 637 g/mol. The minimum Gasteiger partial charge on any atom is -0.497 e. The van der Waals surface area contributed by atoms with Crippen LogP contribution >= 0.6 is 22.7 Å². The molecule has 0 radical (unpaired) electrons. The lowest BCUT2D eigenvalue weighted by Gasteiger charge is -2.08. The van der Waals surface area contributed by atoms with Crippen molar-refractivity contribution < 1.29 is 18.8 Å². The van der Waals surface area contributed by atoms with Gasteiger partial charge in [-0.25, -0.2) is 4.79 Å². The van der Waals surface area contributed by atoms with E-state index in [9.17, 15) is 23.7 Å². The summed E-state index contributed by atoms with van der Waals surface area (Å²) in [5, 5.41) is 23.4. The first-order valence-electron chi connectivity index (χ1n) is 12.6. The number of benzene rings is 2. The fraction of sp³-hybridized carbons (Fsp3) is 0.107.